The van der Waals surface area contributed by atoms with Gasteiger partial charge in [-0.2, -0.15) is 0 Å². The van der Waals surface area contributed by atoms with E-state index in [9.17, 15) is 0 Å². The van der Waals surface area contributed by atoms with Crippen LogP contribution in [0.2, 0.25) is 0 Å². The lowest BCUT2D eigenvalue weighted by Gasteiger charge is -2.34. The van der Waals surface area contributed by atoms with Crippen molar-refractivity contribution in [2.24, 2.45) is 0 Å². The Hall–Kier alpha value is -1.33. The minimum Gasteiger partial charge on any atom is -0.140 e. The first-order valence-electron chi connectivity index (χ1n) is 13.8. The molecule has 1 aliphatic rings. The summed E-state index contributed by atoms with van der Waals surface area (Å²) in [7, 11) is -0.957. The van der Waals surface area contributed by atoms with E-state index in [2.05, 4.69) is 96.1 Å². The minimum atomic E-state index is -0.957. The van der Waals surface area contributed by atoms with Crippen LogP contribution in [0.3, 0.4) is 0 Å². The topological polar surface area (TPSA) is 0 Å². The lowest BCUT2D eigenvalue weighted by atomic mass is 9.73. The van der Waals surface area contributed by atoms with Crippen molar-refractivity contribution in [1.29, 1.82) is 0 Å². The largest absolute Gasteiger partial charge is 0.140 e. The van der Waals surface area contributed by atoms with Crippen LogP contribution in [-0.2, 0) is 5.41 Å². The van der Waals surface area contributed by atoms with Gasteiger partial charge in [0.15, 0.2) is 0 Å². The number of fused-ring (bicyclic) bond motifs is 3. The molecular weight excluding hydrogens is 556 g/mol. The Labute approximate surface area is 235 Å². The number of unbranched alkanes of at least 4 members (excludes halogenated alkanes) is 6. The SMILES string of the molecule is CCCCCCC1(CCCCCC)c2ccccc2-c2ccc[si](-c3ccc(-c4ccc(Br)s4)s3)c21. The van der Waals surface area contributed by atoms with Crippen LogP contribution < -0.4 is 0 Å². The smallest absolute Gasteiger partial charge is 0.0906 e. The van der Waals surface area contributed by atoms with Gasteiger partial charge >= 0.3 is 0 Å². The fourth-order valence-corrected chi connectivity index (χ4v) is 12.2. The average molecular weight is 594 g/mol. The van der Waals surface area contributed by atoms with Crippen molar-refractivity contribution in [3.8, 4) is 25.4 Å². The molecule has 0 saturated carbocycles. The molecule has 0 fully saturated rings. The fraction of sp³-hybridized carbons (Fsp3) is 0.406. The molecule has 5 rings (SSSR count). The summed E-state index contributed by atoms with van der Waals surface area (Å²) < 4.78 is 2.80. The van der Waals surface area contributed by atoms with Crippen LogP contribution in [-0.4, -0.2) is 8.40 Å². The monoisotopic (exact) mass is 592 g/mol. The summed E-state index contributed by atoms with van der Waals surface area (Å²) in [6.45, 7) is 4.66. The standard InChI is InChI=1S/C32H37BrS2Si/c1-3-5-7-11-21-32(22-12-8-6-4-2)26-16-10-9-14-24(26)25-15-13-23-36(31(25)32)30-20-18-28(35-30)27-17-19-29(33)34-27/h9-10,13-20,23H,3-8,11-12,21-22H2,1-2H3. The number of halogens is 1. The van der Waals surface area contributed by atoms with Gasteiger partial charge in [0.05, 0.1) is 12.2 Å². The number of benzene rings is 1. The van der Waals surface area contributed by atoms with Crippen LogP contribution in [0.4, 0.5) is 0 Å². The van der Waals surface area contributed by atoms with E-state index in [1.165, 1.54) is 83.3 Å². The number of rotatable bonds is 12. The molecule has 0 radical (unpaired) electrons. The van der Waals surface area contributed by atoms with Crippen molar-refractivity contribution in [3.05, 3.63) is 80.9 Å². The highest BCUT2D eigenvalue weighted by molar-refractivity contribution is 9.11. The second-order valence-electron chi connectivity index (χ2n) is 10.2. The molecule has 0 bridgehead atoms. The molecule has 0 unspecified atom stereocenters. The summed E-state index contributed by atoms with van der Waals surface area (Å²) in [5, 5.41) is 1.80. The normalized spacial score (nSPS) is 13.6. The second-order valence-corrected chi connectivity index (χ2v) is 16.4. The molecule has 0 spiro atoms. The van der Waals surface area contributed by atoms with Crippen molar-refractivity contribution in [2.45, 2.75) is 83.5 Å². The van der Waals surface area contributed by atoms with Gasteiger partial charge in [-0.05, 0) is 74.9 Å². The molecule has 0 saturated heterocycles. The van der Waals surface area contributed by atoms with Gasteiger partial charge in [0, 0.05) is 19.7 Å². The number of thiophene rings is 2. The summed E-state index contributed by atoms with van der Waals surface area (Å²) in [5.41, 5.74) is 7.50. The maximum Gasteiger partial charge on any atom is 0.0906 e. The molecule has 1 aliphatic carbocycles. The van der Waals surface area contributed by atoms with Crippen LogP contribution in [0.1, 0.15) is 88.8 Å². The molecule has 4 heteroatoms. The van der Waals surface area contributed by atoms with Crippen LogP contribution in [0, 0.1) is 0 Å². The van der Waals surface area contributed by atoms with E-state index in [0.717, 1.165) is 0 Å². The molecular formula is C32H37BrS2Si. The Morgan fingerprint density at radius 2 is 1.36 bits per heavy atom. The molecule has 0 amide bonds. The van der Waals surface area contributed by atoms with Gasteiger partial charge in [-0.3, -0.25) is 0 Å². The predicted molar refractivity (Wildman–Crippen MR) is 166 cm³/mol. The van der Waals surface area contributed by atoms with E-state index in [1.54, 1.807) is 20.8 Å². The maximum atomic E-state index is 3.66. The van der Waals surface area contributed by atoms with E-state index in [0.29, 0.717) is 0 Å². The van der Waals surface area contributed by atoms with Crippen LogP contribution in [0.25, 0.3) is 25.4 Å². The van der Waals surface area contributed by atoms with Gasteiger partial charge in [-0.15, -0.1) is 22.7 Å². The maximum absolute atomic E-state index is 3.66. The first-order chi connectivity index (χ1) is 17.7. The fourth-order valence-electron chi connectivity index (χ4n) is 6.18. The molecule has 188 valence electrons. The van der Waals surface area contributed by atoms with Gasteiger partial charge in [0.1, 0.15) is 0 Å². The zero-order chi connectivity index (χ0) is 25.0. The number of hydrogen-bond donors (Lipinski definition) is 0. The number of hydrogen-bond acceptors (Lipinski definition) is 2. The molecule has 36 heavy (non-hydrogen) atoms. The van der Waals surface area contributed by atoms with Gasteiger partial charge in [0.2, 0.25) is 0 Å². The molecule has 0 aliphatic heterocycles. The van der Waals surface area contributed by atoms with Crippen LogP contribution in [0.5, 0.6) is 0 Å². The van der Waals surface area contributed by atoms with E-state index < -0.39 is 8.40 Å². The van der Waals surface area contributed by atoms with Gasteiger partial charge < -0.3 is 0 Å². The van der Waals surface area contributed by atoms with Crippen molar-refractivity contribution in [1.82, 2.24) is 0 Å². The van der Waals surface area contributed by atoms with E-state index >= 15 is 0 Å². The Morgan fingerprint density at radius 1 is 0.694 bits per heavy atom. The highest BCUT2D eigenvalue weighted by Crippen LogP contribution is 2.54. The highest BCUT2D eigenvalue weighted by atomic mass is 79.9. The molecule has 1 aromatic carbocycles. The van der Waals surface area contributed by atoms with Gasteiger partial charge in [0.25, 0.3) is 0 Å². The third kappa shape index (κ3) is 5.16. The first kappa shape index (κ1) is 26.3. The van der Waals surface area contributed by atoms with Crippen LogP contribution >= 0.6 is 38.6 Å². The highest BCUT2D eigenvalue weighted by Gasteiger charge is 2.43. The summed E-state index contributed by atoms with van der Waals surface area (Å²) in [6.07, 6.45) is 13.3. The van der Waals surface area contributed by atoms with E-state index in [1.807, 2.05) is 22.7 Å². The summed E-state index contributed by atoms with van der Waals surface area (Å²) in [6, 6.07) is 23.5. The van der Waals surface area contributed by atoms with Gasteiger partial charge in [-0.25, -0.2) is 0 Å². The summed E-state index contributed by atoms with van der Waals surface area (Å²) in [5.74, 6) is 0. The Morgan fingerprint density at radius 3 is 2.06 bits per heavy atom. The Bertz CT molecular complexity index is 1290. The van der Waals surface area contributed by atoms with E-state index in [4.69, 9.17) is 0 Å². The Kier molecular flexibility index (Phi) is 8.78. The molecule has 3 heterocycles. The molecule has 3 aromatic heterocycles. The van der Waals surface area contributed by atoms with Crippen molar-refractivity contribution < 1.29 is 0 Å². The third-order valence-corrected chi connectivity index (χ3v) is 14.1. The summed E-state index contributed by atoms with van der Waals surface area (Å²) >= 11 is 7.54. The predicted octanol–water partition coefficient (Wildman–Crippen LogP) is 11.5. The third-order valence-electron chi connectivity index (χ3n) is 7.88. The molecule has 4 aromatic rings. The second kappa shape index (κ2) is 12.0. The van der Waals surface area contributed by atoms with Crippen molar-refractivity contribution >= 4 is 47.0 Å². The minimum absolute atomic E-state index is 0.207. The molecule has 0 N–H and O–H groups in total. The van der Waals surface area contributed by atoms with Gasteiger partial charge in [-0.1, -0.05) is 107 Å². The Balaban J connectivity index is 1.62. The lowest BCUT2D eigenvalue weighted by molar-refractivity contribution is 0.405. The lowest BCUT2D eigenvalue weighted by Crippen LogP contribution is -2.29. The first-order valence-corrected chi connectivity index (χ1v) is 17.8. The van der Waals surface area contributed by atoms with E-state index in [-0.39, 0.29) is 5.41 Å². The quantitative estimate of drug-likeness (QED) is 0.113. The average Bonchev–Trinajstić information content (AvgIpc) is 3.62. The van der Waals surface area contributed by atoms with Crippen LogP contribution in [0.15, 0.2) is 70.1 Å². The zero-order valence-corrected chi connectivity index (χ0v) is 25.8. The van der Waals surface area contributed by atoms with Crippen molar-refractivity contribution in [3.63, 3.8) is 0 Å². The van der Waals surface area contributed by atoms with Crippen molar-refractivity contribution in [2.75, 3.05) is 0 Å². The zero-order valence-electron chi connectivity index (χ0n) is 21.6. The molecule has 0 atom stereocenters. The molecule has 0 nitrogen and oxygen atoms in total. The summed E-state index contributed by atoms with van der Waals surface area (Å²) in [4.78, 5) is 2.79.